The molecule has 0 saturated carbocycles. The van der Waals surface area contributed by atoms with Crippen LogP contribution >= 0.6 is 11.8 Å². The van der Waals surface area contributed by atoms with Crippen LogP contribution < -0.4 is 5.84 Å². The summed E-state index contributed by atoms with van der Waals surface area (Å²) in [4.78, 5) is 8.64. The van der Waals surface area contributed by atoms with E-state index in [1.54, 1.807) is 6.33 Å². The number of aryl methyl sites for hydroxylation is 2. The highest BCUT2D eigenvalue weighted by molar-refractivity contribution is 7.99. The van der Waals surface area contributed by atoms with Gasteiger partial charge < -0.3 is 5.84 Å². The Hall–Kier alpha value is -2.15. The van der Waals surface area contributed by atoms with Crippen molar-refractivity contribution < 1.29 is 0 Å². The van der Waals surface area contributed by atoms with Gasteiger partial charge in [0.1, 0.15) is 11.4 Å². The van der Waals surface area contributed by atoms with Crippen LogP contribution in [0.4, 0.5) is 0 Å². The molecule has 102 valence electrons. The zero-order chi connectivity index (χ0) is 14.1. The molecule has 0 amide bonds. The van der Waals surface area contributed by atoms with E-state index in [0.29, 0.717) is 5.16 Å². The number of aromatic nitrogens is 5. The molecule has 0 saturated heterocycles. The number of benzene rings is 1. The summed E-state index contributed by atoms with van der Waals surface area (Å²) >= 11 is 1.41. The summed E-state index contributed by atoms with van der Waals surface area (Å²) in [7, 11) is 0. The second-order valence-electron chi connectivity index (χ2n) is 4.37. The van der Waals surface area contributed by atoms with Gasteiger partial charge in [0.25, 0.3) is 0 Å². The van der Waals surface area contributed by atoms with E-state index in [9.17, 15) is 0 Å². The maximum absolute atomic E-state index is 5.97. The zero-order valence-electron chi connectivity index (χ0n) is 11.2. The lowest BCUT2D eigenvalue weighted by Crippen LogP contribution is -2.13. The van der Waals surface area contributed by atoms with Crippen molar-refractivity contribution >= 4 is 22.7 Å². The van der Waals surface area contributed by atoms with Crippen molar-refractivity contribution in [1.29, 1.82) is 0 Å². The van der Waals surface area contributed by atoms with E-state index in [1.807, 2.05) is 32.0 Å². The first-order valence-electron chi connectivity index (χ1n) is 6.28. The maximum atomic E-state index is 5.97. The molecular formula is C13H14N6S. The predicted molar refractivity (Wildman–Crippen MR) is 77.9 cm³/mol. The van der Waals surface area contributed by atoms with Crippen LogP contribution in [0.5, 0.6) is 0 Å². The fraction of sp³-hybridized carbons (Fsp3) is 0.231. The third-order valence-corrected chi connectivity index (χ3v) is 4.04. The van der Waals surface area contributed by atoms with Gasteiger partial charge in [-0.15, -0.1) is 10.2 Å². The summed E-state index contributed by atoms with van der Waals surface area (Å²) in [6.45, 7) is 4.03. The Morgan fingerprint density at radius 1 is 1.25 bits per heavy atom. The third-order valence-electron chi connectivity index (χ3n) is 3.08. The first-order chi connectivity index (χ1) is 9.70. The number of hydrogen-bond donors (Lipinski definition) is 1. The van der Waals surface area contributed by atoms with E-state index in [0.717, 1.165) is 33.7 Å². The molecule has 0 spiro atoms. The number of fused-ring (bicyclic) bond motifs is 1. The third kappa shape index (κ3) is 2.09. The van der Waals surface area contributed by atoms with E-state index in [2.05, 4.69) is 20.2 Å². The average Bonchev–Trinajstić information content (AvgIpc) is 2.80. The molecule has 20 heavy (non-hydrogen) atoms. The maximum Gasteiger partial charge on any atom is 0.216 e. The van der Waals surface area contributed by atoms with Crippen molar-refractivity contribution in [1.82, 2.24) is 24.8 Å². The number of nitrogen functional groups attached to an aromatic ring is 1. The molecule has 0 bridgehead atoms. The fourth-order valence-corrected chi connectivity index (χ4v) is 2.95. The molecule has 6 nitrogen and oxygen atoms in total. The highest BCUT2D eigenvalue weighted by atomic mass is 32.2. The minimum absolute atomic E-state index is 0.630. The Labute approximate surface area is 120 Å². The Bertz CT molecular complexity index is 761. The second kappa shape index (κ2) is 5.09. The normalized spacial score (nSPS) is 11.1. The summed E-state index contributed by atoms with van der Waals surface area (Å²) in [6, 6.07) is 6.00. The number of rotatable bonds is 3. The van der Waals surface area contributed by atoms with Gasteiger partial charge in [0.2, 0.25) is 5.16 Å². The second-order valence-corrected chi connectivity index (χ2v) is 5.33. The molecule has 0 fully saturated rings. The molecule has 3 aromatic rings. The lowest BCUT2D eigenvalue weighted by atomic mass is 10.1. The molecule has 0 aliphatic rings. The molecule has 0 radical (unpaired) electrons. The van der Waals surface area contributed by atoms with Gasteiger partial charge in [-0.2, -0.15) is 0 Å². The van der Waals surface area contributed by atoms with Crippen LogP contribution in [-0.4, -0.2) is 24.8 Å². The summed E-state index contributed by atoms with van der Waals surface area (Å²) in [5, 5.41) is 10.7. The zero-order valence-corrected chi connectivity index (χ0v) is 12.1. The van der Waals surface area contributed by atoms with Crippen molar-refractivity contribution in [2.24, 2.45) is 0 Å². The molecule has 0 aliphatic heterocycles. The summed E-state index contributed by atoms with van der Waals surface area (Å²) < 4.78 is 1.51. The SMILES string of the molecule is CCc1nnc(Sc2ncnc3cccc(C)c23)n1N. The van der Waals surface area contributed by atoms with Crippen molar-refractivity contribution in [2.75, 3.05) is 5.84 Å². The van der Waals surface area contributed by atoms with Crippen molar-refractivity contribution in [3.05, 3.63) is 35.9 Å². The molecule has 1 aromatic carbocycles. The topological polar surface area (TPSA) is 82.5 Å². The summed E-state index contributed by atoms with van der Waals surface area (Å²) in [5.74, 6) is 6.72. The van der Waals surface area contributed by atoms with Crippen LogP contribution in [0.3, 0.4) is 0 Å². The molecule has 2 N–H and O–H groups in total. The minimum Gasteiger partial charge on any atom is -0.336 e. The van der Waals surface area contributed by atoms with Crippen LogP contribution in [0.2, 0.25) is 0 Å². The lowest BCUT2D eigenvalue weighted by molar-refractivity contribution is 0.795. The Kier molecular flexibility index (Phi) is 3.27. The van der Waals surface area contributed by atoms with Crippen molar-refractivity contribution in [3.63, 3.8) is 0 Å². The van der Waals surface area contributed by atoms with E-state index >= 15 is 0 Å². The van der Waals surface area contributed by atoms with Gasteiger partial charge in [-0.25, -0.2) is 14.6 Å². The Balaban J connectivity index is 2.09. The quantitative estimate of drug-likeness (QED) is 0.585. The molecule has 0 unspecified atom stereocenters. The Morgan fingerprint density at radius 3 is 2.85 bits per heavy atom. The van der Waals surface area contributed by atoms with E-state index in [4.69, 9.17) is 5.84 Å². The molecular weight excluding hydrogens is 272 g/mol. The first-order valence-corrected chi connectivity index (χ1v) is 7.10. The molecule has 0 atom stereocenters. The van der Waals surface area contributed by atoms with Gasteiger partial charge in [-0.3, -0.25) is 0 Å². The fourth-order valence-electron chi connectivity index (χ4n) is 2.03. The van der Waals surface area contributed by atoms with Gasteiger partial charge in [0.05, 0.1) is 5.52 Å². The van der Waals surface area contributed by atoms with E-state index in [1.165, 1.54) is 16.4 Å². The standard InChI is InChI=1S/C13H14N6S/c1-3-10-17-18-13(19(10)14)20-12-11-8(2)5-4-6-9(11)15-7-16-12/h4-7H,3,14H2,1-2H3. The molecule has 2 aromatic heterocycles. The van der Waals surface area contributed by atoms with Gasteiger partial charge in [0.15, 0.2) is 5.82 Å². The summed E-state index contributed by atoms with van der Waals surface area (Å²) in [5.41, 5.74) is 2.05. The lowest BCUT2D eigenvalue weighted by Gasteiger charge is -2.06. The van der Waals surface area contributed by atoms with Gasteiger partial charge in [0, 0.05) is 11.8 Å². The number of nitrogens with two attached hydrogens (primary N) is 1. The van der Waals surface area contributed by atoms with Crippen LogP contribution in [0.25, 0.3) is 10.9 Å². The highest BCUT2D eigenvalue weighted by Gasteiger charge is 2.13. The van der Waals surface area contributed by atoms with Crippen LogP contribution in [-0.2, 0) is 6.42 Å². The molecule has 3 rings (SSSR count). The van der Waals surface area contributed by atoms with Crippen molar-refractivity contribution in [3.8, 4) is 0 Å². The smallest absolute Gasteiger partial charge is 0.216 e. The van der Waals surface area contributed by atoms with Crippen molar-refractivity contribution in [2.45, 2.75) is 30.5 Å². The minimum atomic E-state index is 0.630. The van der Waals surface area contributed by atoms with Crippen LogP contribution in [0.15, 0.2) is 34.7 Å². The summed E-state index contributed by atoms with van der Waals surface area (Å²) in [6.07, 6.45) is 2.30. The number of nitrogens with zero attached hydrogens (tertiary/aromatic N) is 5. The Morgan fingerprint density at radius 2 is 2.10 bits per heavy atom. The molecule has 2 heterocycles. The highest BCUT2D eigenvalue weighted by Crippen LogP contribution is 2.31. The van der Waals surface area contributed by atoms with E-state index in [-0.39, 0.29) is 0 Å². The van der Waals surface area contributed by atoms with Crippen LogP contribution in [0, 0.1) is 6.92 Å². The van der Waals surface area contributed by atoms with Crippen LogP contribution in [0.1, 0.15) is 18.3 Å². The predicted octanol–water partition coefficient (Wildman–Crippen LogP) is 1.96. The first kappa shape index (κ1) is 12.9. The molecule has 0 aliphatic carbocycles. The monoisotopic (exact) mass is 286 g/mol. The van der Waals surface area contributed by atoms with Gasteiger partial charge >= 0.3 is 0 Å². The van der Waals surface area contributed by atoms with Gasteiger partial charge in [-0.05, 0) is 30.3 Å². The van der Waals surface area contributed by atoms with E-state index < -0.39 is 0 Å². The number of hydrogen-bond acceptors (Lipinski definition) is 6. The molecule has 7 heteroatoms. The average molecular weight is 286 g/mol. The largest absolute Gasteiger partial charge is 0.336 e. The van der Waals surface area contributed by atoms with Gasteiger partial charge in [-0.1, -0.05) is 19.1 Å².